The molecule has 1 aromatic carbocycles. The van der Waals surface area contributed by atoms with Gasteiger partial charge in [-0.25, -0.2) is 4.79 Å². The van der Waals surface area contributed by atoms with Crippen molar-refractivity contribution in [2.45, 2.75) is 6.92 Å². The molecule has 0 unspecified atom stereocenters. The number of benzene rings is 1. The molecule has 0 bridgehead atoms. The Bertz CT molecular complexity index is 579. The van der Waals surface area contributed by atoms with Crippen molar-refractivity contribution in [2.24, 2.45) is 0 Å². The Morgan fingerprint density at radius 3 is 2.41 bits per heavy atom. The average Bonchev–Trinajstić information content (AvgIpc) is 2.40. The topological polar surface area (TPSA) is 76.1 Å². The van der Waals surface area contributed by atoms with Crippen LogP contribution in [0.5, 0.6) is 5.75 Å². The van der Waals surface area contributed by atoms with E-state index in [4.69, 9.17) is 14.6 Å². The summed E-state index contributed by atoms with van der Waals surface area (Å²) in [7, 11) is 1.72. The number of anilines is 1. The number of carboxylic acids is 1. The fourth-order valence-electron chi connectivity index (χ4n) is 1.52. The second kappa shape index (κ2) is 9.42. The van der Waals surface area contributed by atoms with Crippen LogP contribution in [0.3, 0.4) is 0 Å². The molecule has 0 aliphatic carbocycles. The molecule has 1 rings (SSSR count). The lowest BCUT2D eigenvalue weighted by Crippen LogP contribution is -2.25. The predicted molar refractivity (Wildman–Crippen MR) is 108 cm³/mol. The van der Waals surface area contributed by atoms with E-state index in [1.165, 1.54) is 6.92 Å². The van der Waals surface area contributed by atoms with Gasteiger partial charge in [0.15, 0.2) is 0 Å². The maximum Gasteiger partial charge on any atom is 0.329 e. The van der Waals surface area contributed by atoms with E-state index in [9.17, 15) is 9.59 Å². The highest BCUT2D eigenvalue weighted by molar-refractivity contribution is 14.1. The van der Waals surface area contributed by atoms with Gasteiger partial charge in [-0.2, -0.15) is 0 Å². The zero-order chi connectivity index (χ0) is 16.9. The maximum absolute atomic E-state index is 11.6. The van der Waals surface area contributed by atoms with E-state index in [2.05, 4.69) is 67.8 Å². The second-order valence-electron chi connectivity index (χ2n) is 4.20. The number of nitrogens with zero attached hydrogens (tertiary/aromatic N) is 1. The van der Waals surface area contributed by atoms with Crippen LogP contribution < -0.4 is 9.64 Å². The number of hydrogen-bond acceptors (Lipinski definition) is 4. The van der Waals surface area contributed by atoms with Gasteiger partial charge in [0, 0.05) is 17.5 Å². The molecular formula is C13H14I3NO5. The summed E-state index contributed by atoms with van der Waals surface area (Å²) in [4.78, 5) is 23.5. The van der Waals surface area contributed by atoms with E-state index in [1.54, 1.807) is 11.9 Å². The van der Waals surface area contributed by atoms with Gasteiger partial charge in [-0.05, 0) is 73.8 Å². The van der Waals surface area contributed by atoms with Crippen molar-refractivity contribution < 1.29 is 24.2 Å². The van der Waals surface area contributed by atoms with E-state index in [-0.39, 0.29) is 25.7 Å². The molecular weight excluding hydrogens is 631 g/mol. The van der Waals surface area contributed by atoms with Gasteiger partial charge in [-0.15, -0.1) is 0 Å². The lowest BCUT2D eigenvalue weighted by atomic mass is 10.2. The summed E-state index contributed by atoms with van der Waals surface area (Å²) < 4.78 is 13.4. The Labute approximate surface area is 169 Å². The van der Waals surface area contributed by atoms with Gasteiger partial charge in [0.1, 0.15) is 19.0 Å². The Morgan fingerprint density at radius 1 is 1.23 bits per heavy atom. The van der Waals surface area contributed by atoms with E-state index >= 15 is 0 Å². The molecule has 0 heterocycles. The first-order valence-corrected chi connectivity index (χ1v) is 9.33. The van der Waals surface area contributed by atoms with E-state index in [0.29, 0.717) is 5.75 Å². The maximum atomic E-state index is 11.6. The summed E-state index contributed by atoms with van der Waals surface area (Å²) >= 11 is 6.50. The van der Waals surface area contributed by atoms with Gasteiger partial charge in [0.25, 0.3) is 0 Å². The van der Waals surface area contributed by atoms with Gasteiger partial charge in [0.05, 0.1) is 19.4 Å². The molecule has 0 aliphatic rings. The minimum Gasteiger partial charge on any atom is -0.489 e. The van der Waals surface area contributed by atoms with Crippen LogP contribution in [0.15, 0.2) is 6.07 Å². The normalized spacial score (nSPS) is 10.4. The Hall–Kier alpha value is 0.110. The zero-order valence-corrected chi connectivity index (χ0v) is 18.3. The molecule has 0 saturated carbocycles. The van der Waals surface area contributed by atoms with E-state index < -0.39 is 5.97 Å². The molecule has 1 aromatic rings. The number of carboxylic acid groups (broad SMARTS) is 1. The van der Waals surface area contributed by atoms with E-state index in [1.807, 2.05) is 6.07 Å². The van der Waals surface area contributed by atoms with Crippen molar-refractivity contribution in [1.29, 1.82) is 0 Å². The van der Waals surface area contributed by atoms with Gasteiger partial charge in [0.2, 0.25) is 5.91 Å². The third-order valence-corrected chi connectivity index (χ3v) is 5.24. The first-order valence-electron chi connectivity index (χ1n) is 6.09. The molecule has 0 atom stereocenters. The third kappa shape index (κ3) is 5.63. The highest BCUT2D eigenvalue weighted by atomic mass is 127. The summed E-state index contributed by atoms with van der Waals surface area (Å²) in [5.74, 6) is -0.403. The van der Waals surface area contributed by atoms with Gasteiger partial charge in [-0.1, -0.05) is 0 Å². The fourth-order valence-corrected chi connectivity index (χ4v) is 5.93. The van der Waals surface area contributed by atoms with Crippen molar-refractivity contribution in [3.8, 4) is 5.75 Å². The average molecular weight is 645 g/mol. The summed E-state index contributed by atoms with van der Waals surface area (Å²) in [5.41, 5.74) is 0.801. The summed E-state index contributed by atoms with van der Waals surface area (Å²) in [6.07, 6.45) is 0. The minimum absolute atomic E-state index is 0.0622. The number of amides is 1. The first-order chi connectivity index (χ1) is 10.3. The van der Waals surface area contributed by atoms with Crippen molar-refractivity contribution in [3.63, 3.8) is 0 Å². The van der Waals surface area contributed by atoms with Crippen LogP contribution in [-0.4, -0.2) is 43.9 Å². The smallest absolute Gasteiger partial charge is 0.329 e. The molecule has 0 radical (unpaired) electrons. The standard InChI is InChI=1S/C13H14I3NO5/c1-7(18)17(2)12-8(14)5-9(15)13(11(12)16)22-4-3-21-6-10(19)20/h5H,3-4,6H2,1-2H3,(H,19,20). The molecule has 0 aromatic heterocycles. The monoisotopic (exact) mass is 645 g/mol. The molecule has 22 heavy (non-hydrogen) atoms. The van der Waals surface area contributed by atoms with Crippen LogP contribution in [0.25, 0.3) is 0 Å². The number of carbonyl (C=O) groups excluding carboxylic acids is 1. The van der Waals surface area contributed by atoms with Gasteiger partial charge in [-0.3, -0.25) is 4.79 Å². The third-order valence-electron chi connectivity index (χ3n) is 2.61. The van der Waals surface area contributed by atoms with Crippen molar-refractivity contribution in [3.05, 3.63) is 16.8 Å². The Balaban J connectivity index is 2.89. The summed E-state index contributed by atoms with van der Waals surface area (Å²) in [6, 6.07) is 1.94. The fraction of sp³-hybridized carbons (Fsp3) is 0.385. The van der Waals surface area contributed by atoms with Crippen LogP contribution in [-0.2, 0) is 14.3 Å². The lowest BCUT2D eigenvalue weighted by molar-refractivity contribution is -0.142. The number of ether oxygens (including phenoxy) is 2. The number of carbonyl (C=O) groups is 2. The Morgan fingerprint density at radius 2 is 1.86 bits per heavy atom. The van der Waals surface area contributed by atoms with Crippen LogP contribution in [0, 0.1) is 10.7 Å². The SMILES string of the molecule is CC(=O)N(C)c1c(I)cc(I)c(OCCOCC(=O)O)c1I. The number of rotatable bonds is 7. The van der Waals surface area contributed by atoms with Crippen molar-refractivity contribution in [1.82, 2.24) is 0 Å². The molecule has 122 valence electrons. The van der Waals surface area contributed by atoms with Crippen LogP contribution in [0.2, 0.25) is 0 Å². The number of aliphatic carboxylic acids is 1. The molecule has 0 spiro atoms. The molecule has 0 fully saturated rings. The molecule has 0 aliphatic heterocycles. The molecule has 0 saturated heterocycles. The quantitative estimate of drug-likeness (QED) is 0.365. The second-order valence-corrected chi connectivity index (χ2v) is 7.61. The lowest BCUT2D eigenvalue weighted by Gasteiger charge is -2.21. The number of halogens is 3. The largest absolute Gasteiger partial charge is 0.489 e. The molecule has 1 N–H and O–H groups in total. The first kappa shape index (κ1) is 20.2. The summed E-state index contributed by atoms with van der Waals surface area (Å²) in [6.45, 7) is 1.58. The number of hydrogen-bond donors (Lipinski definition) is 1. The molecule has 9 heteroatoms. The van der Waals surface area contributed by atoms with Gasteiger partial charge >= 0.3 is 5.97 Å². The molecule has 6 nitrogen and oxygen atoms in total. The highest BCUT2D eigenvalue weighted by Gasteiger charge is 2.20. The van der Waals surface area contributed by atoms with Gasteiger partial charge < -0.3 is 19.5 Å². The zero-order valence-electron chi connectivity index (χ0n) is 11.9. The summed E-state index contributed by atoms with van der Waals surface area (Å²) in [5, 5.41) is 8.49. The van der Waals surface area contributed by atoms with Crippen LogP contribution in [0.4, 0.5) is 5.69 Å². The van der Waals surface area contributed by atoms with Crippen LogP contribution >= 0.6 is 67.8 Å². The molecule has 1 amide bonds. The van der Waals surface area contributed by atoms with Crippen LogP contribution in [0.1, 0.15) is 6.92 Å². The highest BCUT2D eigenvalue weighted by Crippen LogP contribution is 2.38. The van der Waals surface area contributed by atoms with Crippen molar-refractivity contribution >= 4 is 85.3 Å². The van der Waals surface area contributed by atoms with E-state index in [0.717, 1.165) is 16.4 Å². The Kier molecular flexibility index (Phi) is 8.63. The minimum atomic E-state index is -1.01. The predicted octanol–water partition coefficient (Wildman–Crippen LogP) is 2.96. The van der Waals surface area contributed by atoms with Crippen molar-refractivity contribution in [2.75, 3.05) is 31.8 Å².